The molecule has 2 aliphatic heterocycles. The Morgan fingerprint density at radius 1 is 1.00 bits per heavy atom. The van der Waals surface area contributed by atoms with Gasteiger partial charge in [0.15, 0.2) is 0 Å². The summed E-state index contributed by atoms with van der Waals surface area (Å²) in [6.07, 6.45) is 12.4. The number of allylic oxidation sites excluding steroid dienone is 5. The largest absolute Gasteiger partial charge is 0.368 e. The van der Waals surface area contributed by atoms with E-state index in [1.807, 2.05) is 12.3 Å². The average Bonchev–Trinajstić information content (AvgIpc) is 2.75. The first kappa shape index (κ1) is 19.9. The van der Waals surface area contributed by atoms with Crippen molar-refractivity contribution in [3.8, 4) is 0 Å². The minimum absolute atomic E-state index is 0.0428. The van der Waals surface area contributed by atoms with Gasteiger partial charge in [-0.25, -0.2) is 4.98 Å². The Labute approximate surface area is 182 Å². The van der Waals surface area contributed by atoms with Gasteiger partial charge in [-0.3, -0.25) is 14.2 Å². The first-order valence-corrected chi connectivity index (χ1v) is 11.2. The quantitative estimate of drug-likeness (QED) is 0.751. The summed E-state index contributed by atoms with van der Waals surface area (Å²) >= 11 is 0. The molecule has 5 rings (SSSR count). The summed E-state index contributed by atoms with van der Waals surface area (Å²) in [5, 5.41) is 0. The van der Waals surface area contributed by atoms with E-state index in [1.165, 1.54) is 11.3 Å². The maximum atomic E-state index is 13.0. The maximum Gasteiger partial charge on any atom is 0.258 e. The van der Waals surface area contributed by atoms with Gasteiger partial charge in [0.05, 0.1) is 17.1 Å². The van der Waals surface area contributed by atoms with Gasteiger partial charge in [-0.15, -0.1) is 0 Å². The molecule has 31 heavy (non-hydrogen) atoms. The van der Waals surface area contributed by atoms with E-state index >= 15 is 0 Å². The summed E-state index contributed by atoms with van der Waals surface area (Å²) in [5.41, 5.74) is 7.15. The van der Waals surface area contributed by atoms with Crippen molar-refractivity contribution in [3.05, 3.63) is 69.9 Å². The predicted octanol–water partition coefficient (Wildman–Crippen LogP) is 3.69. The molecule has 2 aromatic heterocycles. The Hall–Kier alpha value is -2.99. The highest BCUT2D eigenvalue weighted by molar-refractivity contribution is 5.85. The molecule has 4 heterocycles. The van der Waals surface area contributed by atoms with E-state index < -0.39 is 0 Å². The highest BCUT2D eigenvalue weighted by atomic mass is 16.1. The topological polar surface area (TPSA) is 53.2 Å². The van der Waals surface area contributed by atoms with Gasteiger partial charge in [-0.1, -0.05) is 12.2 Å². The number of hydrogen-bond acceptors (Lipinski definition) is 5. The number of rotatable bonds is 2. The van der Waals surface area contributed by atoms with Crippen molar-refractivity contribution in [2.45, 2.75) is 32.6 Å². The summed E-state index contributed by atoms with van der Waals surface area (Å²) in [4.78, 5) is 27.2. The second-order valence-electron chi connectivity index (χ2n) is 8.75. The molecule has 0 radical (unpaired) electrons. The van der Waals surface area contributed by atoms with Gasteiger partial charge < -0.3 is 9.80 Å². The van der Waals surface area contributed by atoms with Crippen LogP contribution in [0.2, 0.25) is 0 Å². The van der Waals surface area contributed by atoms with Gasteiger partial charge in [0.1, 0.15) is 5.65 Å². The fourth-order valence-electron chi connectivity index (χ4n) is 4.53. The summed E-state index contributed by atoms with van der Waals surface area (Å²) in [6, 6.07) is 5.69. The van der Waals surface area contributed by atoms with Crippen molar-refractivity contribution in [3.63, 3.8) is 0 Å². The van der Waals surface area contributed by atoms with Crippen LogP contribution in [-0.4, -0.2) is 53.2 Å². The van der Waals surface area contributed by atoms with E-state index in [4.69, 9.17) is 9.98 Å². The van der Waals surface area contributed by atoms with Crippen LogP contribution in [0, 0.1) is 0 Å². The van der Waals surface area contributed by atoms with E-state index in [9.17, 15) is 4.79 Å². The number of piperazine rings is 1. The van der Waals surface area contributed by atoms with E-state index in [0.717, 1.165) is 74.5 Å². The van der Waals surface area contributed by atoms with Gasteiger partial charge in [-0.2, -0.15) is 0 Å². The Morgan fingerprint density at radius 3 is 2.68 bits per heavy atom. The Balaban J connectivity index is 1.46. The fraction of sp³-hybridized carbons (Fsp3) is 0.400. The fourth-order valence-corrected chi connectivity index (χ4v) is 4.53. The van der Waals surface area contributed by atoms with Gasteiger partial charge in [-0.05, 0) is 69.0 Å². The van der Waals surface area contributed by atoms with Gasteiger partial charge in [0, 0.05) is 44.2 Å². The molecule has 0 unspecified atom stereocenters. The molecule has 0 amide bonds. The van der Waals surface area contributed by atoms with Crippen molar-refractivity contribution in [2.75, 3.05) is 38.1 Å². The number of pyridine rings is 1. The Kier molecular flexibility index (Phi) is 5.32. The van der Waals surface area contributed by atoms with Crippen LogP contribution in [0.15, 0.2) is 63.7 Å². The monoisotopic (exact) mass is 415 g/mol. The van der Waals surface area contributed by atoms with Gasteiger partial charge in [0.25, 0.3) is 5.56 Å². The van der Waals surface area contributed by atoms with Crippen molar-refractivity contribution in [2.24, 2.45) is 4.99 Å². The lowest BCUT2D eigenvalue weighted by Crippen LogP contribution is -2.44. The SMILES string of the molecule is CC1=NC2=C(CC/C=C(/c3cc(=O)n4cc(N5CCN(C)CC5)ccc4n3)C=C2)CC1. The molecule has 0 atom stereocenters. The number of aromatic nitrogens is 2. The first-order valence-electron chi connectivity index (χ1n) is 11.2. The number of likely N-dealkylation sites (N-methyl/N-ethyl adjacent to an activating group) is 1. The van der Waals surface area contributed by atoms with Crippen LogP contribution in [-0.2, 0) is 0 Å². The molecule has 1 aliphatic carbocycles. The Morgan fingerprint density at radius 2 is 1.84 bits per heavy atom. The zero-order valence-corrected chi connectivity index (χ0v) is 18.3. The molecule has 1 fully saturated rings. The molecule has 0 spiro atoms. The van der Waals surface area contributed by atoms with Crippen LogP contribution in [0.5, 0.6) is 0 Å². The van der Waals surface area contributed by atoms with Crippen LogP contribution in [0.3, 0.4) is 0 Å². The lowest BCUT2D eigenvalue weighted by Gasteiger charge is -2.34. The van der Waals surface area contributed by atoms with Crippen molar-refractivity contribution in [1.82, 2.24) is 14.3 Å². The number of hydrogen-bond donors (Lipinski definition) is 0. The van der Waals surface area contributed by atoms with E-state index in [2.05, 4.69) is 48.1 Å². The number of aliphatic imine (C=N–C) groups is 1. The van der Waals surface area contributed by atoms with Crippen molar-refractivity contribution in [1.29, 1.82) is 0 Å². The molecular formula is C25H29N5O. The first-order chi connectivity index (χ1) is 15.1. The minimum Gasteiger partial charge on any atom is -0.368 e. The highest BCUT2D eigenvalue weighted by Gasteiger charge is 2.16. The van der Waals surface area contributed by atoms with Crippen LogP contribution >= 0.6 is 0 Å². The summed E-state index contributed by atoms with van der Waals surface area (Å²) in [5.74, 6) is 0. The molecule has 1 saturated heterocycles. The number of fused-ring (bicyclic) bond motifs is 1. The summed E-state index contributed by atoms with van der Waals surface area (Å²) < 4.78 is 1.67. The third-order valence-electron chi connectivity index (χ3n) is 6.50. The van der Waals surface area contributed by atoms with Crippen LogP contribution in [0.4, 0.5) is 5.69 Å². The lowest BCUT2D eigenvalue weighted by atomic mass is 9.94. The molecule has 0 aromatic carbocycles. The molecule has 0 N–H and O–H groups in total. The average molecular weight is 416 g/mol. The molecule has 160 valence electrons. The zero-order valence-electron chi connectivity index (χ0n) is 18.3. The summed E-state index contributed by atoms with van der Waals surface area (Å²) in [6.45, 7) is 6.10. The second kappa shape index (κ2) is 8.27. The maximum absolute atomic E-state index is 13.0. The van der Waals surface area contributed by atoms with Crippen LogP contribution in [0.1, 0.15) is 38.3 Å². The minimum atomic E-state index is -0.0428. The normalized spacial score (nSPS) is 21.9. The third kappa shape index (κ3) is 4.12. The standard InChI is InChI=1S/C25H29N5O/c1-18-6-7-19-4-3-5-20(8-10-22(19)26-18)23-16-25(31)30-17-21(9-11-24(30)27-23)29-14-12-28(2)13-15-29/h5,8-11,16-17H,3-4,6-7,12-15H2,1-2H3/b10-8?,20-5+. The van der Waals surface area contributed by atoms with Crippen molar-refractivity contribution >= 4 is 22.6 Å². The zero-order chi connectivity index (χ0) is 21.4. The molecule has 3 aliphatic rings. The van der Waals surface area contributed by atoms with E-state index in [0.29, 0.717) is 5.65 Å². The molecule has 0 bridgehead atoms. The lowest BCUT2D eigenvalue weighted by molar-refractivity contribution is 0.313. The highest BCUT2D eigenvalue weighted by Crippen LogP contribution is 2.29. The summed E-state index contributed by atoms with van der Waals surface area (Å²) in [7, 11) is 2.14. The van der Waals surface area contributed by atoms with Gasteiger partial charge in [0.2, 0.25) is 0 Å². The molecule has 6 nitrogen and oxygen atoms in total. The predicted molar refractivity (Wildman–Crippen MR) is 127 cm³/mol. The Bertz CT molecular complexity index is 1190. The molecular weight excluding hydrogens is 386 g/mol. The van der Waals surface area contributed by atoms with Crippen LogP contribution < -0.4 is 10.5 Å². The number of anilines is 1. The second-order valence-corrected chi connectivity index (χ2v) is 8.75. The smallest absolute Gasteiger partial charge is 0.258 e. The number of nitrogens with zero attached hydrogens (tertiary/aromatic N) is 5. The van der Waals surface area contributed by atoms with Gasteiger partial charge >= 0.3 is 0 Å². The molecule has 6 heteroatoms. The molecule has 0 saturated carbocycles. The molecule has 2 aromatic rings. The van der Waals surface area contributed by atoms with Crippen molar-refractivity contribution < 1.29 is 0 Å². The van der Waals surface area contributed by atoms with E-state index in [1.54, 1.807) is 10.5 Å². The van der Waals surface area contributed by atoms with Crippen LogP contribution in [0.25, 0.3) is 11.2 Å². The van der Waals surface area contributed by atoms with E-state index in [-0.39, 0.29) is 5.56 Å². The third-order valence-corrected chi connectivity index (χ3v) is 6.50.